The van der Waals surface area contributed by atoms with E-state index in [9.17, 15) is 15.0 Å². The summed E-state index contributed by atoms with van der Waals surface area (Å²) in [5.74, 6) is -0.0726. The van der Waals surface area contributed by atoms with Crippen molar-refractivity contribution in [3.63, 3.8) is 0 Å². The Morgan fingerprint density at radius 2 is 1.09 bits per heavy atom. The lowest BCUT2D eigenvalue weighted by atomic mass is 10.0. The third-order valence-electron chi connectivity index (χ3n) is 6.77. The molecule has 0 heterocycles. The highest BCUT2D eigenvalue weighted by atomic mass is 16.3. The minimum atomic E-state index is -0.829. The van der Waals surface area contributed by atoms with Crippen molar-refractivity contribution >= 4 is 5.91 Å². The van der Waals surface area contributed by atoms with Crippen LogP contribution in [0.1, 0.15) is 155 Å². The number of unbranched alkanes of at least 4 members (excludes halogenated alkanes) is 19. The summed E-state index contributed by atoms with van der Waals surface area (Å²) in [6, 6.07) is -0.611. The van der Waals surface area contributed by atoms with E-state index in [2.05, 4.69) is 19.2 Å². The van der Waals surface area contributed by atoms with Crippen molar-refractivity contribution in [2.45, 2.75) is 167 Å². The number of carbonyl (C=O) groups is 1. The molecule has 202 valence electrons. The number of allylic oxidation sites excluding steroid dienone is 1. The van der Waals surface area contributed by atoms with Crippen molar-refractivity contribution in [2.24, 2.45) is 0 Å². The van der Waals surface area contributed by atoms with Gasteiger partial charge in [-0.1, -0.05) is 142 Å². The summed E-state index contributed by atoms with van der Waals surface area (Å²) in [7, 11) is 0. The minimum absolute atomic E-state index is 0.0726. The molecule has 0 rings (SSSR count). The highest BCUT2D eigenvalue weighted by molar-refractivity contribution is 5.76. The van der Waals surface area contributed by atoms with E-state index in [1.165, 1.54) is 109 Å². The smallest absolute Gasteiger partial charge is 0.220 e. The molecule has 2 atom stereocenters. The molecule has 0 aromatic heterocycles. The zero-order valence-corrected chi connectivity index (χ0v) is 22.9. The molecule has 34 heavy (non-hydrogen) atoms. The summed E-state index contributed by atoms with van der Waals surface area (Å²) in [5, 5.41) is 22.6. The fourth-order valence-electron chi connectivity index (χ4n) is 4.41. The van der Waals surface area contributed by atoms with Gasteiger partial charge in [-0.3, -0.25) is 4.79 Å². The fourth-order valence-corrected chi connectivity index (χ4v) is 4.41. The Morgan fingerprint density at radius 1 is 0.676 bits per heavy atom. The Kier molecular flexibility index (Phi) is 26.0. The predicted octanol–water partition coefficient (Wildman–Crippen LogP) is 8.00. The molecule has 1 amide bonds. The first-order valence-corrected chi connectivity index (χ1v) is 14.9. The quantitative estimate of drug-likeness (QED) is 0.0865. The molecule has 3 N–H and O–H groups in total. The number of carbonyl (C=O) groups excluding carboxylic acids is 1. The van der Waals surface area contributed by atoms with Crippen LogP contribution in [0.5, 0.6) is 0 Å². The second-order valence-corrected chi connectivity index (χ2v) is 10.2. The van der Waals surface area contributed by atoms with Gasteiger partial charge in [0.05, 0.1) is 18.8 Å². The molecule has 0 aromatic rings. The maximum Gasteiger partial charge on any atom is 0.220 e. The van der Waals surface area contributed by atoms with E-state index in [1.54, 1.807) is 6.08 Å². The van der Waals surface area contributed by atoms with Gasteiger partial charge >= 0.3 is 0 Å². The van der Waals surface area contributed by atoms with E-state index in [-0.39, 0.29) is 12.5 Å². The Hall–Kier alpha value is -0.870. The van der Waals surface area contributed by atoms with E-state index in [4.69, 9.17) is 0 Å². The number of rotatable bonds is 26. The van der Waals surface area contributed by atoms with Crippen LogP contribution in [0.4, 0.5) is 0 Å². The van der Waals surface area contributed by atoms with Crippen molar-refractivity contribution in [1.29, 1.82) is 0 Å². The van der Waals surface area contributed by atoms with Crippen molar-refractivity contribution < 1.29 is 15.0 Å². The van der Waals surface area contributed by atoms with Gasteiger partial charge in [0.25, 0.3) is 0 Å². The second-order valence-electron chi connectivity index (χ2n) is 10.2. The standard InChI is InChI=1S/C30H59NO3/c1-3-5-7-9-11-12-13-14-15-16-17-18-20-21-23-25-29(33)28(27-32)31-30(34)26-24-22-19-10-8-6-4-2/h23,25,28-29,32-33H,3-22,24,26-27H2,1-2H3,(H,31,34)/b25-23+. The van der Waals surface area contributed by atoms with Gasteiger partial charge in [0.1, 0.15) is 0 Å². The number of hydrogen-bond donors (Lipinski definition) is 3. The molecule has 0 bridgehead atoms. The van der Waals surface area contributed by atoms with Crippen molar-refractivity contribution in [3.8, 4) is 0 Å². The summed E-state index contributed by atoms with van der Waals surface area (Å²) in [5.41, 5.74) is 0. The molecule has 4 nitrogen and oxygen atoms in total. The maximum absolute atomic E-state index is 12.1. The molecule has 0 aliphatic rings. The van der Waals surface area contributed by atoms with Gasteiger partial charge in [-0.25, -0.2) is 0 Å². The van der Waals surface area contributed by atoms with Crippen LogP contribution >= 0.6 is 0 Å². The SMILES string of the molecule is CCCCCCCCCCCCCCC/C=C/C(O)C(CO)NC(=O)CCCCCCCCC. The van der Waals surface area contributed by atoms with Gasteiger partial charge in [-0.15, -0.1) is 0 Å². The molecule has 0 aliphatic carbocycles. The lowest BCUT2D eigenvalue weighted by molar-refractivity contribution is -0.123. The maximum atomic E-state index is 12.1. The van der Waals surface area contributed by atoms with E-state index in [0.717, 1.165) is 25.7 Å². The van der Waals surface area contributed by atoms with Gasteiger partial charge in [0, 0.05) is 6.42 Å². The van der Waals surface area contributed by atoms with Crippen LogP contribution in [0.15, 0.2) is 12.2 Å². The topological polar surface area (TPSA) is 69.6 Å². The van der Waals surface area contributed by atoms with Crippen molar-refractivity contribution in [3.05, 3.63) is 12.2 Å². The van der Waals surface area contributed by atoms with Gasteiger partial charge in [-0.2, -0.15) is 0 Å². The monoisotopic (exact) mass is 481 g/mol. The lowest BCUT2D eigenvalue weighted by Gasteiger charge is -2.20. The van der Waals surface area contributed by atoms with Crippen LogP contribution in [0.2, 0.25) is 0 Å². The van der Waals surface area contributed by atoms with Gasteiger partial charge in [-0.05, 0) is 19.3 Å². The third kappa shape index (κ3) is 22.9. The van der Waals surface area contributed by atoms with Crippen LogP contribution in [0.3, 0.4) is 0 Å². The van der Waals surface area contributed by atoms with Crippen LogP contribution < -0.4 is 5.32 Å². The van der Waals surface area contributed by atoms with Gasteiger partial charge in [0.2, 0.25) is 5.91 Å². The number of aliphatic hydroxyl groups excluding tert-OH is 2. The molecule has 0 fully saturated rings. The highest BCUT2D eigenvalue weighted by Gasteiger charge is 2.17. The highest BCUT2D eigenvalue weighted by Crippen LogP contribution is 2.13. The summed E-state index contributed by atoms with van der Waals surface area (Å²) in [6.07, 6.45) is 30.0. The first-order valence-electron chi connectivity index (χ1n) is 14.9. The summed E-state index contributed by atoms with van der Waals surface area (Å²) in [6.45, 7) is 4.24. The predicted molar refractivity (Wildman–Crippen MR) is 147 cm³/mol. The average molecular weight is 482 g/mol. The molecule has 2 unspecified atom stereocenters. The van der Waals surface area contributed by atoms with E-state index >= 15 is 0 Å². The zero-order chi connectivity index (χ0) is 25.1. The molecule has 0 radical (unpaired) electrons. The molecule has 0 aliphatic heterocycles. The Morgan fingerprint density at radius 3 is 1.53 bits per heavy atom. The fraction of sp³-hybridized carbons (Fsp3) is 0.900. The lowest BCUT2D eigenvalue weighted by Crippen LogP contribution is -2.45. The van der Waals surface area contributed by atoms with Crippen LogP contribution in [-0.4, -0.2) is 34.9 Å². The molecule has 0 aromatic carbocycles. The third-order valence-corrected chi connectivity index (χ3v) is 6.77. The van der Waals surface area contributed by atoms with Crippen LogP contribution in [0, 0.1) is 0 Å². The summed E-state index contributed by atoms with van der Waals surface area (Å²) < 4.78 is 0. The van der Waals surface area contributed by atoms with E-state index in [0.29, 0.717) is 6.42 Å². The molecule has 0 saturated carbocycles. The minimum Gasteiger partial charge on any atom is -0.394 e. The molecule has 0 saturated heterocycles. The summed E-state index contributed by atoms with van der Waals surface area (Å²) >= 11 is 0. The van der Waals surface area contributed by atoms with Crippen LogP contribution in [0.25, 0.3) is 0 Å². The normalized spacial score (nSPS) is 13.4. The number of aliphatic hydroxyl groups is 2. The second kappa shape index (κ2) is 26.7. The first kappa shape index (κ1) is 33.1. The number of nitrogens with one attached hydrogen (secondary N) is 1. The van der Waals surface area contributed by atoms with Crippen molar-refractivity contribution in [2.75, 3.05) is 6.61 Å². The summed E-state index contributed by atoms with van der Waals surface area (Å²) in [4.78, 5) is 12.1. The Balaban J connectivity index is 3.64. The van der Waals surface area contributed by atoms with E-state index in [1.807, 2.05) is 6.08 Å². The number of hydrogen-bond acceptors (Lipinski definition) is 3. The first-order chi connectivity index (χ1) is 16.7. The molecule has 0 spiro atoms. The van der Waals surface area contributed by atoms with Gasteiger partial charge < -0.3 is 15.5 Å². The average Bonchev–Trinajstić information content (AvgIpc) is 2.84. The molecular weight excluding hydrogens is 422 g/mol. The van der Waals surface area contributed by atoms with Crippen molar-refractivity contribution in [1.82, 2.24) is 5.32 Å². The molecular formula is C30H59NO3. The van der Waals surface area contributed by atoms with Gasteiger partial charge in [0.15, 0.2) is 0 Å². The van der Waals surface area contributed by atoms with E-state index < -0.39 is 12.1 Å². The zero-order valence-electron chi connectivity index (χ0n) is 22.9. The Bertz CT molecular complexity index is 452. The molecule has 4 heteroatoms. The number of amides is 1. The van der Waals surface area contributed by atoms with Crippen LogP contribution in [-0.2, 0) is 4.79 Å². The Labute approximate surface area is 212 Å². The largest absolute Gasteiger partial charge is 0.394 e.